The molecule has 0 bridgehead atoms. The van der Waals surface area contributed by atoms with Crippen molar-refractivity contribution in [2.45, 2.75) is 103 Å². The summed E-state index contributed by atoms with van der Waals surface area (Å²) < 4.78 is 28.6. The number of hydrogen-bond donors (Lipinski definition) is 3. The summed E-state index contributed by atoms with van der Waals surface area (Å²) in [5, 5.41) is 30.4. The van der Waals surface area contributed by atoms with E-state index in [2.05, 4.69) is 32.6 Å². The highest BCUT2D eigenvalue weighted by Crippen LogP contribution is 2.58. The summed E-state index contributed by atoms with van der Waals surface area (Å²) in [4.78, 5) is 0. The van der Waals surface area contributed by atoms with Crippen LogP contribution < -0.4 is 0 Å². The van der Waals surface area contributed by atoms with Gasteiger partial charge in [0, 0.05) is 17.1 Å². The number of hydrogen-bond acceptors (Lipinski definition) is 4. The predicted octanol–water partition coefficient (Wildman–Crippen LogP) is 4.69. The van der Waals surface area contributed by atoms with Crippen molar-refractivity contribution in [2.24, 2.45) is 17.3 Å². The highest BCUT2D eigenvalue weighted by Gasteiger charge is 2.51. The lowest BCUT2D eigenvalue weighted by Gasteiger charge is -2.44. The van der Waals surface area contributed by atoms with E-state index in [4.69, 9.17) is 8.85 Å². The van der Waals surface area contributed by atoms with Crippen LogP contribution in [0.25, 0.3) is 0 Å². The van der Waals surface area contributed by atoms with Crippen LogP contribution >= 0.6 is 0 Å². The molecule has 3 aliphatic rings. The summed E-state index contributed by atoms with van der Waals surface area (Å²) in [5.41, 5.74) is 1.46. The van der Waals surface area contributed by atoms with Gasteiger partial charge in [0.05, 0.1) is 23.9 Å². The molecule has 0 aromatic carbocycles. The molecule has 0 amide bonds. The van der Waals surface area contributed by atoms with Crippen molar-refractivity contribution in [3.05, 3.63) is 35.5 Å². The molecule has 3 fully saturated rings. The number of aliphatic hydroxyl groups is 3. The van der Waals surface area contributed by atoms with E-state index < -0.39 is 24.7 Å². The van der Waals surface area contributed by atoms with Crippen molar-refractivity contribution >= 4 is 0 Å². The summed E-state index contributed by atoms with van der Waals surface area (Å²) >= 11 is 0. The van der Waals surface area contributed by atoms with Crippen LogP contribution in [0.3, 0.4) is 0 Å². The minimum absolute atomic E-state index is 0.00600. The molecule has 3 saturated carbocycles. The summed E-state index contributed by atoms with van der Waals surface area (Å²) in [6.07, 6.45) is 9.52. The smallest absolute Gasteiger partial charge is 0.0811 e. The molecular formula is C26H42O4. The second-order valence-corrected chi connectivity index (χ2v) is 10.3. The highest BCUT2D eigenvalue weighted by molar-refractivity contribution is 5.38. The third kappa shape index (κ3) is 5.27. The number of aliphatic hydroxyl groups excluding tert-OH is 2. The number of fused-ring (bicyclic) bond motifs is 1. The molecule has 0 heterocycles. The van der Waals surface area contributed by atoms with Gasteiger partial charge in [-0.1, -0.05) is 31.2 Å². The molecular weight excluding hydrogens is 376 g/mol. The first kappa shape index (κ1) is 19.7. The fourth-order valence-electron chi connectivity index (χ4n) is 6.08. The lowest BCUT2D eigenvalue weighted by Crippen LogP contribution is -2.39. The largest absolute Gasteiger partial charge is 0.393 e. The van der Waals surface area contributed by atoms with Crippen LogP contribution in [0, 0.1) is 17.3 Å². The van der Waals surface area contributed by atoms with Crippen molar-refractivity contribution in [3.63, 3.8) is 0 Å². The standard InChI is InChI=1S/C26H42O4/c1-17-20(15-21(27)16-24(17)28)9-8-19-7-6-12-26(5)22(10-11-23(19)26)18(2)30-14-13-25(3,4)29/h8-9,18,21-24,27-29H,1,6-7,10-16H2,2-5H3/b19-8+,20-9-/t18-,21+,22+,23-,24-,26+/m0/s1/i3T3/t18-,21+,22+,23-,24-,25?,26+. The fourth-order valence-corrected chi connectivity index (χ4v) is 6.08. The molecule has 4 heteroatoms. The molecule has 1 unspecified atom stereocenters. The molecule has 0 radical (unpaired) electrons. The van der Waals surface area contributed by atoms with Gasteiger partial charge in [-0.25, -0.2) is 0 Å². The molecule has 3 aliphatic carbocycles. The Morgan fingerprint density at radius 3 is 2.87 bits per heavy atom. The van der Waals surface area contributed by atoms with Crippen LogP contribution in [0.2, 0.25) is 0 Å². The summed E-state index contributed by atoms with van der Waals surface area (Å²) in [5.74, 6) is 0.848. The molecule has 3 N–H and O–H groups in total. The Morgan fingerprint density at radius 2 is 2.13 bits per heavy atom. The van der Waals surface area contributed by atoms with Gasteiger partial charge in [0.25, 0.3) is 0 Å². The number of allylic oxidation sites excluding steroid dienone is 3. The molecule has 170 valence electrons. The highest BCUT2D eigenvalue weighted by atomic mass is 16.5. The van der Waals surface area contributed by atoms with E-state index in [-0.39, 0.29) is 24.5 Å². The molecule has 4 nitrogen and oxygen atoms in total. The van der Waals surface area contributed by atoms with Gasteiger partial charge < -0.3 is 20.1 Å². The second kappa shape index (κ2) is 9.28. The first-order valence-electron chi connectivity index (χ1n) is 13.0. The van der Waals surface area contributed by atoms with Gasteiger partial charge in [-0.2, -0.15) is 0 Å². The van der Waals surface area contributed by atoms with Gasteiger partial charge in [0.15, 0.2) is 0 Å². The summed E-state index contributed by atoms with van der Waals surface area (Å²) in [7, 11) is 0. The van der Waals surface area contributed by atoms with E-state index in [9.17, 15) is 15.3 Å². The van der Waals surface area contributed by atoms with Crippen molar-refractivity contribution in [1.82, 2.24) is 0 Å². The molecule has 3 rings (SSSR count). The van der Waals surface area contributed by atoms with Gasteiger partial charge in [-0.15, -0.1) is 0 Å². The van der Waals surface area contributed by atoms with Crippen LogP contribution in [0.1, 0.15) is 83.1 Å². The monoisotopic (exact) mass is 424 g/mol. The average Bonchev–Trinajstić information content (AvgIpc) is 3.06. The maximum atomic E-state index is 10.2. The zero-order valence-corrected chi connectivity index (χ0v) is 18.9. The van der Waals surface area contributed by atoms with Crippen molar-refractivity contribution in [1.29, 1.82) is 0 Å². The van der Waals surface area contributed by atoms with Gasteiger partial charge >= 0.3 is 0 Å². The topological polar surface area (TPSA) is 69.9 Å². The second-order valence-electron chi connectivity index (χ2n) is 10.3. The zero-order chi connectivity index (χ0) is 24.6. The van der Waals surface area contributed by atoms with Gasteiger partial charge in [-0.05, 0) is 94.0 Å². The molecule has 7 atom stereocenters. The third-order valence-corrected chi connectivity index (χ3v) is 7.84. The van der Waals surface area contributed by atoms with Gasteiger partial charge in [-0.3, -0.25) is 0 Å². The normalized spacial score (nSPS) is 42.3. The van der Waals surface area contributed by atoms with Crippen LogP contribution in [-0.4, -0.2) is 45.8 Å². The van der Waals surface area contributed by atoms with Crippen LogP contribution in [0.4, 0.5) is 0 Å². The molecule has 0 aromatic rings. The van der Waals surface area contributed by atoms with Crippen molar-refractivity contribution in [2.75, 3.05) is 6.61 Å². The average molecular weight is 425 g/mol. The number of ether oxygens (including phenoxy) is 1. The Balaban J connectivity index is 1.67. The Morgan fingerprint density at radius 1 is 1.37 bits per heavy atom. The first-order valence-corrected chi connectivity index (χ1v) is 11.5. The summed E-state index contributed by atoms with van der Waals surface area (Å²) in [6.45, 7) is 7.63. The van der Waals surface area contributed by atoms with E-state index in [0.29, 0.717) is 24.7 Å². The van der Waals surface area contributed by atoms with Crippen molar-refractivity contribution in [3.8, 4) is 0 Å². The Kier molecular flexibility index (Phi) is 6.10. The Hall–Kier alpha value is -0.940. The maximum absolute atomic E-state index is 10.2. The molecule has 0 spiro atoms. The minimum Gasteiger partial charge on any atom is -0.393 e. The van der Waals surface area contributed by atoms with E-state index >= 15 is 0 Å². The maximum Gasteiger partial charge on any atom is 0.0811 e. The van der Waals surface area contributed by atoms with E-state index in [1.807, 2.05) is 0 Å². The quantitative estimate of drug-likeness (QED) is 0.578. The van der Waals surface area contributed by atoms with E-state index in [1.165, 1.54) is 12.5 Å². The predicted molar refractivity (Wildman–Crippen MR) is 121 cm³/mol. The number of rotatable bonds is 6. The third-order valence-electron chi connectivity index (χ3n) is 7.84. The fraction of sp³-hybridized carbons (Fsp3) is 0.769. The van der Waals surface area contributed by atoms with E-state index in [0.717, 1.165) is 43.3 Å². The molecule has 0 aromatic heterocycles. The lowest BCUT2D eigenvalue weighted by molar-refractivity contribution is -0.0454. The zero-order valence-electron chi connectivity index (χ0n) is 21.9. The van der Waals surface area contributed by atoms with Gasteiger partial charge in [0.1, 0.15) is 0 Å². The van der Waals surface area contributed by atoms with Crippen LogP contribution in [0.15, 0.2) is 35.5 Å². The van der Waals surface area contributed by atoms with E-state index in [1.54, 1.807) is 0 Å². The van der Waals surface area contributed by atoms with Crippen molar-refractivity contribution < 1.29 is 24.2 Å². The van der Waals surface area contributed by atoms with Crippen LogP contribution in [-0.2, 0) is 4.74 Å². The SMILES string of the molecule is [3H]C([3H])([3H])C(C)(O)CCO[C@@H](C)[C@H]1CC[C@H]2/C(=C/C=C3/C[C@@H](O)C[C@H](O)C3=C)CCC[C@]12C. The molecule has 0 aliphatic heterocycles. The van der Waals surface area contributed by atoms with Crippen LogP contribution in [0.5, 0.6) is 0 Å². The lowest BCUT2D eigenvalue weighted by atomic mass is 9.62. The molecule has 0 saturated heterocycles. The Labute approximate surface area is 186 Å². The first-order chi connectivity index (χ1) is 15.3. The molecule has 30 heavy (non-hydrogen) atoms. The Bertz CT molecular complexity index is 785. The van der Waals surface area contributed by atoms with Gasteiger partial charge in [0.2, 0.25) is 0 Å². The minimum atomic E-state index is -2.42. The summed E-state index contributed by atoms with van der Waals surface area (Å²) in [6, 6.07) is 0.